The summed E-state index contributed by atoms with van der Waals surface area (Å²) >= 11 is 0. The Morgan fingerprint density at radius 3 is 1.68 bits per heavy atom. The minimum absolute atomic E-state index is 0. The Labute approximate surface area is 170 Å². The highest BCUT2D eigenvalue weighted by Gasteiger charge is 1.96. The molecule has 0 aromatic heterocycles. The normalized spacial score (nSPS) is 9.18. The van der Waals surface area contributed by atoms with E-state index in [9.17, 15) is 9.59 Å². The minimum atomic E-state index is -0.211. The second-order valence-corrected chi connectivity index (χ2v) is 5.32. The Morgan fingerprint density at radius 2 is 1.32 bits per heavy atom. The van der Waals surface area contributed by atoms with Gasteiger partial charge in [-0.05, 0) is 12.8 Å². The number of carbonyl (C=O) groups is 2. The third-order valence-electron chi connectivity index (χ3n) is 2.67. The average Bonchev–Trinajstić information content (AvgIpc) is 2.63. The van der Waals surface area contributed by atoms with Crippen LogP contribution in [0, 0.1) is 0 Å². The largest absolute Gasteiger partial charge is 0.382 e. The van der Waals surface area contributed by atoms with E-state index in [1.807, 2.05) is 13.8 Å². The van der Waals surface area contributed by atoms with E-state index >= 15 is 0 Å². The molecule has 0 heterocycles. The van der Waals surface area contributed by atoms with Crippen LogP contribution in [0.3, 0.4) is 0 Å². The number of hydrogen-bond acceptors (Lipinski definition) is 8. The Bertz CT molecular complexity index is 304. The molecule has 0 atom stereocenters. The molecule has 0 bridgehead atoms. The first-order chi connectivity index (χ1) is 13.0. The number of rotatable bonds is 15. The number of primary amides is 1. The summed E-state index contributed by atoms with van der Waals surface area (Å²) in [6.07, 6.45) is 2.85. The lowest BCUT2D eigenvalue weighted by Crippen LogP contribution is -2.27. The van der Waals surface area contributed by atoms with Crippen molar-refractivity contribution >= 4 is 11.8 Å². The van der Waals surface area contributed by atoms with Crippen LogP contribution in [-0.4, -0.2) is 78.8 Å². The number of ether oxygens (including phenoxy) is 4. The lowest BCUT2D eigenvalue weighted by molar-refractivity contribution is -0.121. The zero-order valence-electron chi connectivity index (χ0n) is 18.3. The Hall–Kier alpha value is -1.30. The molecule has 10 heteroatoms. The van der Waals surface area contributed by atoms with E-state index in [1.54, 1.807) is 14.2 Å². The Balaban J connectivity index is -0.000000165. The number of carbonyl (C=O) groups excluding carboxylic acids is 2. The zero-order valence-corrected chi connectivity index (χ0v) is 18.3. The summed E-state index contributed by atoms with van der Waals surface area (Å²) < 4.78 is 19.7. The van der Waals surface area contributed by atoms with E-state index in [-0.39, 0.29) is 18.0 Å². The van der Waals surface area contributed by atoms with Crippen LogP contribution < -0.4 is 22.9 Å². The highest BCUT2D eigenvalue weighted by molar-refractivity contribution is 5.75. The topological polar surface area (TPSA) is 170 Å². The molecule has 0 saturated carbocycles. The summed E-state index contributed by atoms with van der Waals surface area (Å²) in [5, 5.41) is 2.76. The number of nitrogens with two attached hydrogens (primary N) is 2. The van der Waals surface area contributed by atoms with Gasteiger partial charge in [0.15, 0.2) is 0 Å². The van der Waals surface area contributed by atoms with Crippen LogP contribution in [0.4, 0.5) is 0 Å². The van der Waals surface area contributed by atoms with E-state index in [4.69, 9.17) is 30.4 Å². The third-order valence-corrected chi connectivity index (χ3v) is 2.67. The van der Waals surface area contributed by atoms with Gasteiger partial charge in [-0.1, -0.05) is 13.8 Å². The van der Waals surface area contributed by atoms with Gasteiger partial charge in [-0.15, -0.1) is 0 Å². The predicted molar refractivity (Wildman–Crippen MR) is 111 cm³/mol. The minimum Gasteiger partial charge on any atom is -0.382 e. The first-order valence-electron chi connectivity index (χ1n) is 9.38. The molecule has 0 aromatic rings. The quantitative estimate of drug-likeness (QED) is 0.283. The van der Waals surface area contributed by atoms with Gasteiger partial charge >= 0.3 is 0 Å². The number of nitrogens with one attached hydrogen (secondary N) is 1. The maximum absolute atomic E-state index is 10.9. The van der Waals surface area contributed by atoms with Crippen molar-refractivity contribution in [3.05, 3.63) is 0 Å². The van der Waals surface area contributed by atoms with E-state index in [2.05, 4.69) is 5.32 Å². The summed E-state index contributed by atoms with van der Waals surface area (Å²) in [5.74, 6) is -0.115. The molecule has 10 nitrogen and oxygen atoms in total. The molecule has 0 radical (unpaired) electrons. The van der Waals surface area contributed by atoms with Crippen molar-refractivity contribution in [1.29, 1.82) is 0 Å². The van der Waals surface area contributed by atoms with Crippen molar-refractivity contribution in [3.8, 4) is 0 Å². The lowest BCUT2D eigenvalue weighted by Gasteiger charge is -2.04. The van der Waals surface area contributed by atoms with Crippen LogP contribution in [0.25, 0.3) is 0 Å². The molecule has 2 amide bonds. The standard InChI is InChI=1S/C9H19NO3.C5H13NO2.C4H9NO.H3N/c1-3-4-9(11)10-5-6-13-8-7-12-2;1-7-4-5-8-3-2-6;1-2-3-4(5)6;/h3-8H2,1-2H3,(H,10,11);2-6H2,1H3;2-3H2,1H3,(H2,5,6);1H3. The smallest absolute Gasteiger partial charge is 0.220 e. The highest BCUT2D eigenvalue weighted by atomic mass is 16.5. The van der Waals surface area contributed by atoms with Gasteiger partial charge in [0, 0.05) is 40.2 Å². The Kier molecular flexibility index (Phi) is 40.7. The molecule has 0 aromatic carbocycles. The van der Waals surface area contributed by atoms with E-state index in [1.165, 1.54) is 0 Å². The molecule has 0 unspecified atom stereocenters. The molecule has 0 saturated heterocycles. The maximum Gasteiger partial charge on any atom is 0.220 e. The van der Waals surface area contributed by atoms with Gasteiger partial charge in [0.25, 0.3) is 0 Å². The summed E-state index contributed by atoms with van der Waals surface area (Å²) in [4.78, 5) is 20.8. The molecule has 0 aliphatic heterocycles. The van der Waals surface area contributed by atoms with Crippen molar-refractivity contribution in [3.63, 3.8) is 0 Å². The molecule has 0 rings (SSSR count). The fourth-order valence-corrected chi connectivity index (χ4v) is 1.40. The summed E-state index contributed by atoms with van der Waals surface area (Å²) in [6.45, 7) is 8.74. The molecular weight excluding hydrogens is 368 g/mol. The van der Waals surface area contributed by atoms with Crippen molar-refractivity contribution in [2.45, 2.75) is 39.5 Å². The van der Waals surface area contributed by atoms with Gasteiger partial charge in [0.05, 0.1) is 39.6 Å². The number of hydrogen-bond donors (Lipinski definition) is 4. The molecular formula is C18H44N4O6. The fraction of sp³-hybridized carbons (Fsp3) is 0.889. The first kappa shape index (κ1) is 34.2. The van der Waals surface area contributed by atoms with Crippen molar-refractivity contribution in [2.24, 2.45) is 11.5 Å². The fourth-order valence-electron chi connectivity index (χ4n) is 1.40. The molecule has 28 heavy (non-hydrogen) atoms. The predicted octanol–water partition coefficient (Wildman–Crippen LogP) is 0.608. The van der Waals surface area contributed by atoms with Crippen LogP contribution in [0.5, 0.6) is 0 Å². The van der Waals surface area contributed by atoms with Gasteiger partial charge in [0.1, 0.15) is 0 Å². The summed E-state index contributed by atoms with van der Waals surface area (Å²) in [5.41, 5.74) is 9.91. The number of amides is 2. The van der Waals surface area contributed by atoms with Gasteiger partial charge in [-0.2, -0.15) is 0 Å². The molecule has 0 aliphatic carbocycles. The van der Waals surface area contributed by atoms with Gasteiger partial charge in [-0.3, -0.25) is 9.59 Å². The van der Waals surface area contributed by atoms with E-state index in [0.29, 0.717) is 65.6 Å². The molecule has 8 N–H and O–H groups in total. The Morgan fingerprint density at radius 1 is 0.821 bits per heavy atom. The van der Waals surface area contributed by atoms with E-state index < -0.39 is 0 Å². The van der Waals surface area contributed by atoms with E-state index in [0.717, 1.165) is 12.8 Å². The van der Waals surface area contributed by atoms with Gasteiger partial charge in [0.2, 0.25) is 11.8 Å². The molecule has 0 spiro atoms. The second kappa shape index (κ2) is 33.3. The van der Waals surface area contributed by atoms with Crippen LogP contribution >= 0.6 is 0 Å². The molecule has 0 fully saturated rings. The lowest BCUT2D eigenvalue weighted by atomic mass is 10.3. The third kappa shape index (κ3) is 44.3. The SMILES string of the molecule is CCCC(=O)NCCOCCOC.CCCC(N)=O.COCCOCCN.N. The van der Waals surface area contributed by atoms with Crippen LogP contribution in [-0.2, 0) is 28.5 Å². The van der Waals surface area contributed by atoms with Gasteiger partial charge in [-0.25, -0.2) is 0 Å². The summed E-state index contributed by atoms with van der Waals surface area (Å²) in [6, 6.07) is 0. The summed E-state index contributed by atoms with van der Waals surface area (Å²) in [7, 11) is 3.28. The van der Waals surface area contributed by atoms with Crippen LogP contribution in [0.1, 0.15) is 39.5 Å². The maximum atomic E-state index is 10.9. The van der Waals surface area contributed by atoms with Crippen molar-refractivity contribution in [1.82, 2.24) is 11.5 Å². The van der Waals surface area contributed by atoms with Crippen molar-refractivity contribution < 1.29 is 28.5 Å². The zero-order chi connectivity index (χ0) is 21.2. The monoisotopic (exact) mass is 412 g/mol. The van der Waals surface area contributed by atoms with Crippen molar-refractivity contribution in [2.75, 3.05) is 67.0 Å². The first-order valence-corrected chi connectivity index (χ1v) is 9.38. The molecule has 172 valence electrons. The van der Waals surface area contributed by atoms with Crippen LogP contribution in [0.15, 0.2) is 0 Å². The number of methoxy groups -OCH3 is 2. The van der Waals surface area contributed by atoms with Crippen LogP contribution in [0.2, 0.25) is 0 Å². The second-order valence-electron chi connectivity index (χ2n) is 5.32. The molecule has 0 aliphatic rings. The average molecular weight is 413 g/mol. The highest BCUT2D eigenvalue weighted by Crippen LogP contribution is 1.84. The van der Waals surface area contributed by atoms with Gasteiger partial charge < -0.3 is 41.9 Å².